The third kappa shape index (κ3) is 4.52. The molecule has 0 bridgehead atoms. The maximum Gasteiger partial charge on any atom is 0.405 e. The second-order valence-corrected chi connectivity index (χ2v) is 5.41. The van der Waals surface area contributed by atoms with E-state index in [0.717, 1.165) is 0 Å². The lowest BCUT2D eigenvalue weighted by atomic mass is 9.95. The van der Waals surface area contributed by atoms with Gasteiger partial charge < -0.3 is 9.84 Å². The van der Waals surface area contributed by atoms with E-state index in [9.17, 15) is 23.1 Å². The highest BCUT2D eigenvalue weighted by Gasteiger charge is 2.51. The van der Waals surface area contributed by atoms with Crippen LogP contribution in [0.5, 0.6) is 0 Å². The van der Waals surface area contributed by atoms with Gasteiger partial charge in [-0.2, -0.15) is 13.2 Å². The van der Waals surface area contributed by atoms with E-state index in [1.165, 1.54) is 45.0 Å². The van der Waals surface area contributed by atoms with Crippen LogP contribution in [0.4, 0.5) is 13.2 Å². The summed E-state index contributed by atoms with van der Waals surface area (Å²) in [6.45, 7) is 4.40. The molecule has 0 unspecified atom stereocenters. The first kappa shape index (κ1) is 16.5. The molecule has 1 aromatic carbocycles. The number of aliphatic hydroxyl groups is 1. The van der Waals surface area contributed by atoms with Crippen molar-refractivity contribution in [2.24, 2.45) is 5.92 Å². The molecule has 1 N–H and O–H groups in total. The molecule has 0 aliphatic rings. The van der Waals surface area contributed by atoms with E-state index >= 15 is 0 Å². The topological polar surface area (TPSA) is 46.5 Å². The first-order chi connectivity index (χ1) is 9.02. The molecule has 1 rings (SSSR count). The minimum absolute atomic E-state index is 0.0145. The SMILES string of the molecule is CC(C)(C)OC(=O)[C@H]([C@H](O)c1ccccc1)C(F)(F)F. The molecule has 0 radical (unpaired) electrons. The van der Waals surface area contributed by atoms with Crippen molar-refractivity contribution in [2.75, 3.05) is 0 Å². The van der Waals surface area contributed by atoms with E-state index in [0.29, 0.717) is 0 Å². The van der Waals surface area contributed by atoms with Crippen LogP contribution in [-0.4, -0.2) is 22.9 Å². The van der Waals surface area contributed by atoms with E-state index in [1.54, 1.807) is 6.07 Å². The molecule has 2 atom stereocenters. The molecule has 0 heterocycles. The minimum atomic E-state index is -4.89. The lowest BCUT2D eigenvalue weighted by Gasteiger charge is -2.28. The average Bonchev–Trinajstić information content (AvgIpc) is 2.25. The van der Waals surface area contributed by atoms with Gasteiger partial charge in [0.05, 0.1) is 0 Å². The van der Waals surface area contributed by atoms with Crippen molar-refractivity contribution in [3.05, 3.63) is 35.9 Å². The lowest BCUT2D eigenvalue weighted by molar-refractivity contribution is -0.221. The van der Waals surface area contributed by atoms with Crippen LogP contribution in [0, 0.1) is 5.92 Å². The van der Waals surface area contributed by atoms with Crippen molar-refractivity contribution < 1.29 is 27.8 Å². The summed E-state index contributed by atoms with van der Waals surface area (Å²) in [5.74, 6) is -4.09. The van der Waals surface area contributed by atoms with E-state index in [-0.39, 0.29) is 5.56 Å². The first-order valence-electron chi connectivity index (χ1n) is 6.05. The Kier molecular flexibility index (Phi) is 4.81. The maximum absolute atomic E-state index is 13.0. The number of esters is 1. The maximum atomic E-state index is 13.0. The smallest absolute Gasteiger partial charge is 0.405 e. The van der Waals surface area contributed by atoms with Gasteiger partial charge in [0.15, 0.2) is 5.92 Å². The van der Waals surface area contributed by atoms with Crippen molar-refractivity contribution in [1.29, 1.82) is 0 Å². The van der Waals surface area contributed by atoms with Crippen LogP contribution in [0.1, 0.15) is 32.4 Å². The Morgan fingerprint density at radius 2 is 1.65 bits per heavy atom. The fourth-order valence-electron chi connectivity index (χ4n) is 1.65. The Bertz CT molecular complexity index is 449. The van der Waals surface area contributed by atoms with Crippen LogP contribution >= 0.6 is 0 Å². The molecule has 0 amide bonds. The van der Waals surface area contributed by atoms with Crippen LogP contribution in [0.2, 0.25) is 0 Å². The molecule has 0 aromatic heterocycles. The van der Waals surface area contributed by atoms with Gasteiger partial charge in [-0.3, -0.25) is 4.79 Å². The summed E-state index contributed by atoms with van der Waals surface area (Å²) in [7, 11) is 0. The molecule has 6 heteroatoms. The molecule has 0 aliphatic carbocycles. The average molecular weight is 290 g/mol. The van der Waals surface area contributed by atoms with Crippen molar-refractivity contribution in [3.63, 3.8) is 0 Å². The Morgan fingerprint density at radius 1 is 1.15 bits per heavy atom. The van der Waals surface area contributed by atoms with Gasteiger partial charge in [-0.1, -0.05) is 30.3 Å². The summed E-state index contributed by atoms with van der Waals surface area (Å²) in [6, 6.07) is 7.23. The summed E-state index contributed by atoms with van der Waals surface area (Å²) < 4.78 is 43.8. The molecule has 20 heavy (non-hydrogen) atoms. The molecule has 3 nitrogen and oxygen atoms in total. The number of halogens is 3. The van der Waals surface area contributed by atoms with Gasteiger partial charge in [0.25, 0.3) is 0 Å². The lowest BCUT2D eigenvalue weighted by Crippen LogP contribution is -2.40. The largest absolute Gasteiger partial charge is 0.459 e. The molecule has 0 fully saturated rings. The second kappa shape index (κ2) is 5.83. The van der Waals surface area contributed by atoms with Gasteiger partial charge >= 0.3 is 12.1 Å². The molecular formula is C14H17F3O3. The first-order valence-corrected chi connectivity index (χ1v) is 6.05. The molecule has 0 saturated heterocycles. The van der Waals surface area contributed by atoms with E-state index < -0.39 is 29.8 Å². The van der Waals surface area contributed by atoms with Gasteiger partial charge in [-0.25, -0.2) is 0 Å². The monoisotopic (exact) mass is 290 g/mol. The number of carbonyl (C=O) groups is 1. The van der Waals surface area contributed by atoms with Gasteiger partial charge in [-0.05, 0) is 26.3 Å². The van der Waals surface area contributed by atoms with E-state index in [1.807, 2.05) is 0 Å². The molecule has 1 aromatic rings. The Balaban J connectivity index is 3.05. The van der Waals surface area contributed by atoms with Crippen LogP contribution in [0.15, 0.2) is 30.3 Å². The van der Waals surface area contributed by atoms with Gasteiger partial charge in [0, 0.05) is 0 Å². The number of hydrogen-bond acceptors (Lipinski definition) is 3. The van der Waals surface area contributed by atoms with Crippen molar-refractivity contribution >= 4 is 5.97 Å². The number of alkyl halides is 3. The predicted octanol–water partition coefficient (Wildman–Crippen LogP) is 3.24. The molecule has 0 spiro atoms. The number of aliphatic hydroxyl groups excluding tert-OH is 1. The number of carbonyl (C=O) groups excluding carboxylic acids is 1. The highest BCUT2D eigenvalue weighted by atomic mass is 19.4. The van der Waals surface area contributed by atoms with Gasteiger partial charge in [0.2, 0.25) is 0 Å². The number of rotatable bonds is 3. The zero-order valence-electron chi connectivity index (χ0n) is 11.4. The van der Waals surface area contributed by atoms with Crippen LogP contribution in [0.25, 0.3) is 0 Å². The van der Waals surface area contributed by atoms with E-state index in [2.05, 4.69) is 0 Å². The van der Waals surface area contributed by atoms with Crippen LogP contribution < -0.4 is 0 Å². The Morgan fingerprint density at radius 3 is 2.05 bits per heavy atom. The second-order valence-electron chi connectivity index (χ2n) is 5.41. The fraction of sp³-hybridized carbons (Fsp3) is 0.500. The van der Waals surface area contributed by atoms with Crippen molar-refractivity contribution in [2.45, 2.75) is 38.7 Å². The summed E-state index contributed by atoms with van der Waals surface area (Å²) in [5.41, 5.74) is -1.04. The molecule has 0 saturated carbocycles. The summed E-state index contributed by atoms with van der Waals surface area (Å²) in [5, 5.41) is 9.86. The predicted molar refractivity (Wildman–Crippen MR) is 66.8 cm³/mol. The number of ether oxygens (including phenoxy) is 1. The molecule has 0 aliphatic heterocycles. The molecule has 112 valence electrons. The Labute approximate surface area is 115 Å². The zero-order chi connectivity index (χ0) is 15.6. The fourth-order valence-corrected chi connectivity index (χ4v) is 1.65. The number of benzene rings is 1. The summed E-state index contributed by atoms with van der Waals surface area (Å²) in [6.07, 6.45) is -6.89. The quantitative estimate of drug-likeness (QED) is 0.869. The van der Waals surface area contributed by atoms with Crippen molar-refractivity contribution in [3.8, 4) is 0 Å². The van der Waals surface area contributed by atoms with Gasteiger partial charge in [0.1, 0.15) is 11.7 Å². The summed E-state index contributed by atoms with van der Waals surface area (Å²) >= 11 is 0. The standard InChI is InChI=1S/C14H17F3O3/c1-13(2,3)20-12(19)10(14(15,16)17)11(18)9-7-5-4-6-8-9/h4-8,10-11,18H,1-3H3/t10-,11+/m0/s1. The Hall–Kier alpha value is -1.56. The third-order valence-corrected chi connectivity index (χ3v) is 2.47. The van der Waals surface area contributed by atoms with Crippen LogP contribution in [0.3, 0.4) is 0 Å². The highest BCUT2D eigenvalue weighted by molar-refractivity contribution is 5.74. The third-order valence-electron chi connectivity index (χ3n) is 2.47. The zero-order valence-corrected chi connectivity index (χ0v) is 11.4. The van der Waals surface area contributed by atoms with Crippen LogP contribution in [-0.2, 0) is 9.53 Å². The summed E-state index contributed by atoms with van der Waals surface area (Å²) in [4.78, 5) is 11.7. The van der Waals surface area contributed by atoms with Crippen molar-refractivity contribution in [1.82, 2.24) is 0 Å². The minimum Gasteiger partial charge on any atom is -0.459 e. The van der Waals surface area contributed by atoms with E-state index in [4.69, 9.17) is 4.74 Å². The number of hydrogen-bond donors (Lipinski definition) is 1. The normalized spacial score (nSPS) is 15.6. The molecular weight excluding hydrogens is 273 g/mol. The highest BCUT2D eigenvalue weighted by Crippen LogP contribution is 2.37. The van der Waals surface area contributed by atoms with Gasteiger partial charge in [-0.15, -0.1) is 0 Å².